The molecular weight excluding hydrogens is 269 g/mol. The molecule has 0 atom stereocenters. The van der Waals surface area contributed by atoms with E-state index in [1.54, 1.807) is 6.07 Å². The highest BCUT2D eigenvalue weighted by molar-refractivity contribution is 9.10. The Balaban J connectivity index is 2.60. The molecule has 0 aliphatic heterocycles. The number of benzene rings is 2. The van der Waals surface area contributed by atoms with E-state index in [0.29, 0.717) is 6.54 Å². The first-order chi connectivity index (χ1) is 7.72. The second-order valence-corrected chi connectivity index (χ2v) is 4.34. The molecule has 2 aromatic carbocycles. The zero-order chi connectivity index (χ0) is 11.5. The highest BCUT2D eigenvalue weighted by Gasteiger charge is 2.07. The molecule has 0 amide bonds. The number of rotatable bonds is 2. The lowest BCUT2D eigenvalue weighted by atomic mass is 10.00. The minimum atomic E-state index is -0.253. The van der Waals surface area contributed by atoms with Gasteiger partial charge in [-0.3, -0.25) is 0 Å². The predicted octanol–water partition coefficient (Wildman–Crippen LogP) is 3.71. The lowest BCUT2D eigenvalue weighted by Crippen LogP contribution is -2.00. The second kappa shape index (κ2) is 4.76. The van der Waals surface area contributed by atoms with E-state index in [9.17, 15) is 4.39 Å². The summed E-state index contributed by atoms with van der Waals surface area (Å²) in [5.74, 6) is -0.253. The summed E-state index contributed by atoms with van der Waals surface area (Å²) in [7, 11) is 0. The van der Waals surface area contributed by atoms with Crippen molar-refractivity contribution in [2.45, 2.75) is 6.54 Å². The Hall–Kier alpha value is -1.19. The Morgan fingerprint density at radius 2 is 1.81 bits per heavy atom. The van der Waals surface area contributed by atoms with Crippen molar-refractivity contribution in [3.05, 3.63) is 58.3 Å². The van der Waals surface area contributed by atoms with Crippen molar-refractivity contribution in [2.24, 2.45) is 5.73 Å². The lowest BCUT2D eigenvalue weighted by Gasteiger charge is -2.09. The third kappa shape index (κ3) is 2.15. The van der Waals surface area contributed by atoms with Crippen molar-refractivity contribution in [1.29, 1.82) is 0 Å². The molecule has 0 radical (unpaired) electrons. The summed E-state index contributed by atoms with van der Waals surface area (Å²) in [4.78, 5) is 0. The number of hydrogen-bond donors (Lipinski definition) is 1. The maximum atomic E-state index is 13.1. The average Bonchev–Trinajstić information content (AvgIpc) is 2.30. The number of halogens is 2. The van der Waals surface area contributed by atoms with E-state index in [2.05, 4.69) is 15.9 Å². The minimum Gasteiger partial charge on any atom is -0.326 e. The van der Waals surface area contributed by atoms with Gasteiger partial charge in [0, 0.05) is 11.0 Å². The summed E-state index contributed by atoms with van der Waals surface area (Å²) in [5, 5.41) is 0. The molecule has 0 saturated carbocycles. The van der Waals surface area contributed by atoms with Crippen molar-refractivity contribution >= 4 is 15.9 Å². The normalized spacial score (nSPS) is 10.4. The molecule has 1 nitrogen and oxygen atoms in total. The molecule has 2 N–H and O–H groups in total. The Morgan fingerprint density at radius 3 is 2.50 bits per heavy atom. The van der Waals surface area contributed by atoms with Gasteiger partial charge in [0.1, 0.15) is 5.82 Å². The summed E-state index contributed by atoms with van der Waals surface area (Å²) in [6, 6.07) is 12.5. The van der Waals surface area contributed by atoms with Crippen LogP contribution in [-0.4, -0.2) is 0 Å². The Kier molecular flexibility index (Phi) is 3.36. The molecule has 0 aromatic heterocycles. The fraction of sp³-hybridized carbons (Fsp3) is 0.0769. The van der Waals surface area contributed by atoms with E-state index in [-0.39, 0.29) is 5.82 Å². The van der Waals surface area contributed by atoms with Crippen LogP contribution in [0.25, 0.3) is 11.1 Å². The van der Waals surface area contributed by atoms with Crippen LogP contribution in [0.4, 0.5) is 4.39 Å². The number of nitrogens with two attached hydrogens (primary N) is 1. The zero-order valence-electron chi connectivity index (χ0n) is 8.58. The van der Waals surface area contributed by atoms with Crippen LogP contribution >= 0.6 is 15.9 Å². The van der Waals surface area contributed by atoms with Crippen molar-refractivity contribution in [1.82, 2.24) is 0 Å². The predicted molar refractivity (Wildman–Crippen MR) is 67.4 cm³/mol. The maximum Gasteiger partial charge on any atom is 0.123 e. The van der Waals surface area contributed by atoms with Gasteiger partial charge in [-0.25, -0.2) is 4.39 Å². The molecule has 2 aromatic rings. The Morgan fingerprint density at radius 1 is 1.06 bits per heavy atom. The fourth-order valence-electron chi connectivity index (χ4n) is 1.67. The maximum absolute atomic E-state index is 13.1. The van der Waals surface area contributed by atoms with E-state index < -0.39 is 0 Å². The van der Waals surface area contributed by atoms with E-state index in [0.717, 1.165) is 21.2 Å². The molecule has 0 aliphatic rings. The molecule has 0 aliphatic carbocycles. The molecule has 3 heteroatoms. The smallest absolute Gasteiger partial charge is 0.123 e. The molecular formula is C13H11BrFN. The molecule has 0 bridgehead atoms. The van der Waals surface area contributed by atoms with Gasteiger partial charge in [0.15, 0.2) is 0 Å². The first-order valence-electron chi connectivity index (χ1n) is 4.96. The Labute approximate surface area is 102 Å². The summed E-state index contributed by atoms with van der Waals surface area (Å²) in [6.45, 7) is 0.328. The zero-order valence-corrected chi connectivity index (χ0v) is 10.2. The fourth-order valence-corrected chi connectivity index (χ4v) is 2.17. The third-order valence-corrected chi connectivity index (χ3v) is 3.14. The van der Waals surface area contributed by atoms with Crippen LogP contribution in [0.5, 0.6) is 0 Å². The molecule has 0 heterocycles. The highest BCUT2D eigenvalue weighted by atomic mass is 79.9. The second-order valence-electron chi connectivity index (χ2n) is 3.49. The Bertz CT molecular complexity index is 511. The monoisotopic (exact) mass is 279 g/mol. The van der Waals surface area contributed by atoms with E-state index in [1.807, 2.05) is 24.3 Å². The van der Waals surface area contributed by atoms with Gasteiger partial charge in [-0.15, -0.1) is 0 Å². The quantitative estimate of drug-likeness (QED) is 0.891. The van der Waals surface area contributed by atoms with Crippen LogP contribution in [0.15, 0.2) is 46.9 Å². The van der Waals surface area contributed by atoms with Crippen LogP contribution in [0.2, 0.25) is 0 Å². The summed E-state index contributed by atoms with van der Waals surface area (Å²) in [6.07, 6.45) is 0. The summed E-state index contributed by atoms with van der Waals surface area (Å²) < 4.78 is 14.1. The first-order valence-corrected chi connectivity index (χ1v) is 5.75. The van der Waals surface area contributed by atoms with Crippen LogP contribution in [0.1, 0.15) is 5.56 Å². The summed E-state index contributed by atoms with van der Waals surface area (Å²) >= 11 is 3.48. The van der Waals surface area contributed by atoms with Gasteiger partial charge in [0.25, 0.3) is 0 Å². The third-order valence-electron chi connectivity index (χ3n) is 2.45. The van der Waals surface area contributed by atoms with Crippen molar-refractivity contribution in [3.63, 3.8) is 0 Å². The van der Waals surface area contributed by atoms with Crippen molar-refractivity contribution in [3.8, 4) is 11.1 Å². The van der Waals surface area contributed by atoms with Crippen LogP contribution in [0.3, 0.4) is 0 Å². The highest BCUT2D eigenvalue weighted by Crippen LogP contribution is 2.30. The first kappa shape index (κ1) is 11.3. The molecule has 0 fully saturated rings. The van der Waals surface area contributed by atoms with Gasteiger partial charge in [-0.2, -0.15) is 0 Å². The van der Waals surface area contributed by atoms with Crippen LogP contribution < -0.4 is 5.73 Å². The largest absolute Gasteiger partial charge is 0.326 e. The average molecular weight is 280 g/mol. The molecule has 0 unspecified atom stereocenters. The lowest BCUT2D eigenvalue weighted by molar-refractivity contribution is 0.625. The summed E-state index contributed by atoms with van der Waals surface area (Å²) in [5.41, 5.74) is 8.44. The molecule has 16 heavy (non-hydrogen) atoms. The van der Waals surface area contributed by atoms with E-state index in [4.69, 9.17) is 5.73 Å². The van der Waals surface area contributed by atoms with Crippen molar-refractivity contribution in [2.75, 3.05) is 0 Å². The molecule has 82 valence electrons. The van der Waals surface area contributed by atoms with Crippen LogP contribution in [0, 0.1) is 5.82 Å². The van der Waals surface area contributed by atoms with Gasteiger partial charge < -0.3 is 5.73 Å². The van der Waals surface area contributed by atoms with Gasteiger partial charge in [-0.05, 0) is 34.9 Å². The molecule has 0 saturated heterocycles. The van der Waals surface area contributed by atoms with Gasteiger partial charge >= 0.3 is 0 Å². The topological polar surface area (TPSA) is 26.0 Å². The van der Waals surface area contributed by atoms with Gasteiger partial charge in [0.2, 0.25) is 0 Å². The van der Waals surface area contributed by atoms with Crippen molar-refractivity contribution < 1.29 is 4.39 Å². The van der Waals surface area contributed by atoms with Gasteiger partial charge in [-0.1, -0.05) is 40.2 Å². The van der Waals surface area contributed by atoms with Crippen LogP contribution in [-0.2, 0) is 6.54 Å². The molecule has 0 spiro atoms. The van der Waals surface area contributed by atoms with Gasteiger partial charge in [0.05, 0.1) is 0 Å². The van der Waals surface area contributed by atoms with E-state index >= 15 is 0 Å². The minimum absolute atomic E-state index is 0.253. The SMILES string of the molecule is NCc1cc(F)ccc1-c1ccccc1Br. The molecule has 2 rings (SSSR count). The van der Waals surface area contributed by atoms with E-state index in [1.165, 1.54) is 12.1 Å². The number of hydrogen-bond acceptors (Lipinski definition) is 1. The standard InChI is InChI=1S/C13H11BrFN/c14-13-4-2-1-3-12(13)11-6-5-10(15)7-9(11)8-16/h1-7H,8,16H2.